The van der Waals surface area contributed by atoms with Crippen LogP contribution < -0.4 is 9.64 Å². The van der Waals surface area contributed by atoms with Gasteiger partial charge in [-0.3, -0.25) is 9.59 Å². The summed E-state index contributed by atoms with van der Waals surface area (Å²) in [4.78, 5) is 36.9. The van der Waals surface area contributed by atoms with Gasteiger partial charge in [-0.2, -0.15) is 0 Å². The van der Waals surface area contributed by atoms with Crippen LogP contribution in [0.3, 0.4) is 0 Å². The molecule has 214 valence electrons. The maximum absolute atomic E-state index is 13.4. The maximum atomic E-state index is 13.4. The molecule has 0 radical (unpaired) electrons. The largest absolute Gasteiger partial charge is 0.497 e. The average Bonchev–Trinajstić information content (AvgIpc) is 3.66. The molecule has 0 spiro atoms. The van der Waals surface area contributed by atoms with Crippen molar-refractivity contribution in [1.82, 2.24) is 19.4 Å². The topological polar surface area (TPSA) is 70.9 Å². The van der Waals surface area contributed by atoms with Gasteiger partial charge in [-0.15, -0.1) is 11.3 Å². The number of piperazine rings is 1. The van der Waals surface area contributed by atoms with Gasteiger partial charge in [0.1, 0.15) is 22.3 Å². The molecule has 2 amide bonds. The van der Waals surface area contributed by atoms with Crippen LogP contribution in [0.2, 0.25) is 0 Å². The molecule has 2 aromatic heterocycles. The van der Waals surface area contributed by atoms with Crippen molar-refractivity contribution in [3.8, 4) is 5.75 Å². The Kier molecular flexibility index (Phi) is 8.98. The SMILES string of the molecule is CCCN(Cc1cccn1Cc1nc(C(=O)N2CCN(c3ccc(OC)cc3)CC2)cs1)C(=O)c1ccc(F)cc1. The number of ether oxygens (including phenoxy) is 1. The van der Waals surface area contributed by atoms with Crippen molar-refractivity contribution in [2.75, 3.05) is 44.7 Å². The quantitative estimate of drug-likeness (QED) is 0.262. The van der Waals surface area contributed by atoms with Gasteiger partial charge in [0.05, 0.1) is 20.2 Å². The first-order chi connectivity index (χ1) is 19.9. The lowest BCUT2D eigenvalue weighted by Gasteiger charge is -2.35. The van der Waals surface area contributed by atoms with E-state index in [1.807, 2.05) is 59.8 Å². The molecule has 0 saturated carbocycles. The van der Waals surface area contributed by atoms with E-state index >= 15 is 0 Å². The smallest absolute Gasteiger partial charge is 0.273 e. The summed E-state index contributed by atoms with van der Waals surface area (Å²) < 4.78 is 20.7. The summed E-state index contributed by atoms with van der Waals surface area (Å²) in [5, 5.41) is 2.66. The van der Waals surface area contributed by atoms with Gasteiger partial charge < -0.3 is 24.0 Å². The fourth-order valence-electron chi connectivity index (χ4n) is 4.99. The second-order valence-electron chi connectivity index (χ2n) is 9.96. The molecular weight excluding hydrogens is 541 g/mol. The third-order valence-electron chi connectivity index (χ3n) is 7.23. The summed E-state index contributed by atoms with van der Waals surface area (Å²) in [5.74, 6) is 0.280. The highest BCUT2D eigenvalue weighted by Crippen LogP contribution is 2.22. The number of rotatable bonds is 10. The van der Waals surface area contributed by atoms with Crippen LogP contribution in [-0.4, -0.2) is 71.0 Å². The first-order valence-electron chi connectivity index (χ1n) is 13.8. The normalized spacial score (nSPS) is 13.3. The molecule has 4 aromatic rings. The van der Waals surface area contributed by atoms with Gasteiger partial charge in [0.2, 0.25) is 0 Å². The fraction of sp³-hybridized carbons (Fsp3) is 0.323. The molecule has 0 unspecified atom stereocenters. The number of methoxy groups -OCH3 is 1. The van der Waals surface area contributed by atoms with Crippen molar-refractivity contribution in [3.05, 3.63) is 100 Å². The molecule has 0 bridgehead atoms. The number of amides is 2. The Balaban J connectivity index is 1.19. The Morgan fingerprint density at radius 2 is 1.76 bits per heavy atom. The Morgan fingerprint density at radius 1 is 1.02 bits per heavy atom. The summed E-state index contributed by atoms with van der Waals surface area (Å²) in [5.41, 5.74) is 3.02. The highest BCUT2D eigenvalue weighted by atomic mass is 32.1. The first kappa shape index (κ1) is 28.4. The zero-order valence-corrected chi connectivity index (χ0v) is 24.1. The number of nitrogens with zero attached hydrogens (tertiary/aromatic N) is 5. The van der Waals surface area contributed by atoms with Crippen LogP contribution in [0.4, 0.5) is 10.1 Å². The van der Waals surface area contributed by atoms with E-state index in [2.05, 4.69) is 14.5 Å². The van der Waals surface area contributed by atoms with Gasteiger partial charge >= 0.3 is 0 Å². The minimum atomic E-state index is -0.366. The third-order valence-corrected chi connectivity index (χ3v) is 8.06. The summed E-state index contributed by atoms with van der Waals surface area (Å²) in [6.07, 6.45) is 2.77. The van der Waals surface area contributed by atoms with E-state index in [1.165, 1.54) is 35.6 Å². The molecular formula is C31H34FN5O3S. The van der Waals surface area contributed by atoms with Crippen molar-refractivity contribution < 1.29 is 18.7 Å². The van der Waals surface area contributed by atoms with Crippen LogP contribution >= 0.6 is 11.3 Å². The molecule has 2 aromatic carbocycles. The monoisotopic (exact) mass is 575 g/mol. The molecule has 10 heteroatoms. The van der Waals surface area contributed by atoms with Crippen LogP contribution in [-0.2, 0) is 13.1 Å². The second-order valence-corrected chi connectivity index (χ2v) is 10.9. The molecule has 0 aliphatic carbocycles. The number of halogens is 1. The van der Waals surface area contributed by atoms with Crippen LogP contribution in [0.25, 0.3) is 0 Å². The Hall–Kier alpha value is -4.18. The van der Waals surface area contributed by atoms with E-state index in [1.54, 1.807) is 12.0 Å². The number of carbonyl (C=O) groups excluding carboxylic acids is 2. The molecule has 1 aliphatic heterocycles. The number of hydrogen-bond donors (Lipinski definition) is 0. The molecule has 5 rings (SSSR count). The van der Waals surface area contributed by atoms with E-state index in [4.69, 9.17) is 4.74 Å². The molecule has 1 aliphatic rings. The van der Waals surface area contributed by atoms with Crippen molar-refractivity contribution in [3.63, 3.8) is 0 Å². The Labute approximate surface area is 243 Å². The molecule has 41 heavy (non-hydrogen) atoms. The molecule has 1 fully saturated rings. The highest BCUT2D eigenvalue weighted by Gasteiger charge is 2.24. The predicted octanol–water partition coefficient (Wildman–Crippen LogP) is 5.16. The Morgan fingerprint density at radius 3 is 2.44 bits per heavy atom. The third kappa shape index (κ3) is 6.77. The van der Waals surface area contributed by atoms with Gasteiger partial charge in [-0.1, -0.05) is 6.92 Å². The summed E-state index contributed by atoms with van der Waals surface area (Å²) >= 11 is 1.47. The molecule has 0 atom stereocenters. The van der Waals surface area contributed by atoms with Crippen LogP contribution in [0, 0.1) is 5.82 Å². The number of thiazole rings is 1. The van der Waals surface area contributed by atoms with E-state index in [-0.39, 0.29) is 17.6 Å². The average molecular weight is 576 g/mol. The zero-order chi connectivity index (χ0) is 28.8. The lowest BCUT2D eigenvalue weighted by molar-refractivity contribution is 0.0732. The number of aromatic nitrogens is 2. The van der Waals surface area contributed by atoms with Gasteiger partial charge in [-0.25, -0.2) is 9.37 Å². The summed E-state index contributed by atoms with van der Waals surface area (Å²) in [7, 11) is 1.65. The van der Waals surface area contributed by atoms with Crippen molar-refractivity contribution in [2.24, 2.45) is 0 Å². The fourth-order valence-corrected chi connectivity index (χ4v) is 5.76. The van der Waals surface area contributed by atoms with Crippen LogP contribution in [0.5, 0.6) is 5.75 Å². The predicted molar refractivity (Wildman–Crippen MR) is 158 cm³/mol. The van der Waals surface area contributed by atoms with Gasteiger partial charge in [0.15, 0.2) is 0 Å². The van der Waals surface area contributed by atoms with E-state index < -0.39 is 0 Å². The number of benzene rings is 2. The standard InChI is InChI=1S/C31H34FN5O3S/c1-3-14-37(30(38)23-6-8-24(32)9-7-23)20-26-5-4-15-36(26)21-29-33-28(22-41-29)31(39)35-18-16-34(17-19-35)25-10-12-27(40-2)13-11-25/h4-13,15,22H,3,14,16-21H2,1-2H3. The van der Waals surface area contributed by atoms with Gasteiger partial charge in [-0.05, 0) is 67.1 Å². The van der Waals surface area contributed by atoms with Crippen LogP contribution in [0.1, 0.15) is 44.9 Å². The van der Waals surface area contributed by atoms with Crippen LogP contribution in [0.15, 0.2) is 72.2 Å². The molecule has 3 heterocycles. The minimum Gasteiger partial charge on any atom is -0.497 e. The maximum Gasteiger partial charge on any atom is 0.273 e. The molecule has 8 nitrogen and oxygen atoms in total. The van der Waals surface area contributed by atoms with Crippen molar-refractivity contribution in [2.45, 2.75) is 26.4 Å². The van der Waals surface area contributed by atoms with Gasteiger partial charge in [0, 0.05) is 61.2 Å². The second kappa shape index (κ2) is 13.0. The lowest BCUT2D eigenvalue weighted by atomic mass is 10.2. The van der Waals surface area contributed by atoms with E-state index in [0.29, 0.717) is 44.0 Å². The highest BCUT2D eigenvalue weighted by molar-refractivity contribution is 7.09. The first-order valence-corrected chi connectivity index (χ1v) is 14.6. The number of anilines is 1. The summed E-state index contributed by atoms with van der Waals surface area (Å²) in [6, 6.07) is 17.6. The number of carbonyl (C=O) groups is 2. The van der Waals surface area contributed by atoms with Crippen molar-refractivity contribution in [1.29, 1.82) is 0 Å². The Bertz CT molecular complexity index is 1460. The lowest BCUT2D eigenvalue weighted by Crippen LogP contribution is -2.48. The minimum absolute atomic E-state index is 0.0476. The molecule has 1 saturated heterocycles. The van der Waals surface area contributed by atoms with Crippen molar-refractivity contribution >= 4 is 28.8 Å². The van der Waals surface area contributed by atoms with E-state index in [9.17, 15) is 14.0 Å². The zero-order valence-electron chi connectivity index (χ0n) is 23.3. The van der Waals surface area contributed by atoms with E-state index in [0.717, 1.165) is 41.6 Å². The molecule has 0 N–H and O–H groups in total. The number of hydrogen-bond acceptors (Lipinski definition) is 6. The summed E-state index contributed by atoms with van der Waals surface area (Å²) in [6.45, 7) is 6.33. The van der Waals surface area contributed by atoms with Gasteiger partial charge in [0.25, 0.3) is 11.8 Å².